The van der Waals surface area contributed by atoms with E-state index < -0.39 is 5.91 Å². The van der Waals surface area contributed by atoms with Gasteiger partial charge in [-0.2, -0.15) is 0 Å². The van der Waals surface area contributed by atoms with Crippen molar-refractivity contribution in [2.24, 2.45) is 5.73 Å². The summed E-state index contributed by atoms with van der Waals surface area (Å²) >= 11 is 0. The third kappa shape index (κ3) is 1.26. The maximum atomic E-state index is 11.2. The quantitative estimate of drug-likeness (QED) is 0.613. The summed E-state index contributed by atoms with van der Waals surface area (Å²) in [6, 6.07) is 3.75. The second-order valence-corrected chi connectivity index (χ2v) is 3.71. The van der Waals surface area contributed by atoms with Crippen LogP contribution in [0.15, 0.2) is 12.1 Å². The summed E-state index contributed by atoms with van der Waals surface area (Å²) in [5.41, 5.74) is 15.0. The predicted octanol–water partition coefficient (Wildman–Crippen LogP) is 1.47. The number of benzene rings is 1. The minimum absolute atomic E-state index is 0.436. The number of nitrogens with one attached hydrogen (secondary N) is 1. The Balaban J connectivity index is 2.93. The maximum absolute atomic E-state index is 11.2. The van der Waals surface area contributed by atoms with Crippen molar-refractivity contribution < 1.29 is 4.79 Å². The van der Waals surface area contributed by atoms with E-state index in [-0.39, 0.29) is 0 Å². The van der Waals surface area contributed by atoms with E-state index in [9.17, 15) is 4.79 Å². The zero-order valence-corrected chi connectivity index (χ0v) is 8.72. The Morgan fingerprint density at radius 2 is 2.00 bits per heavy atom. The monoisotopic (exact) mass is 203 g/mol. The number of fused-ring (bicyclic) bond motifs is 1. The van der Waals surface area contributed by atoms with Crippen LogP contribution in [0, 0.1) is 13.8 Å². The molecule has 4 nitrogen and oxygen atoms in total. The predicted molar refractivity (Wildman–Crippen MR) is 60.7 cm³/mol. The number of carbonyl (C=O) groups is 1. The Morgan fingerprint density at radius 1 is 1.33 bits per heavy atom. The average Bonchev–Trinajstić information content (AvgIpc) is 2.51. The molecule has 0 bridgehead atoms. The molecule has 0 unspecified atom stereocenters. The van der Waals surface area contributed by atoms with E-state index in [1.165, 1.54) is 0 Å². The van der Waals surface area contributed by atoms with Crippen molar-refractivity contribution in [1.82, 2.24) is 4.98 Å². The largest absolute Gasteiger partial charge is 0.398 e. The van der Waals surface area contributed by atoms with Crippen LogP contribution in [0.25, 0.3) is 10.9 Å². The molecule has 0 aliphatic carbocycles. The minimum Gasteiger partial charge on any atom is -0.398 e. The third-order valence-electron chi connectivity index (χ3n) is 2.69. The fourth-order valence-corrected chi connectivity index (χ4v) is 1.88. The van der Waals surface area contributed by atoms with Crippen LogP contribution >= 0.6 is 0 Å². The van der Waals surface area contributed by atoms with E-state index in [1.807, 2.05) is 26.0 Å². The highest BCUT2D eigenvalue weighted by molar-refractivity contribution is 6.04. The summed E-state index contributed by atoms with van der Waals surface area (Å²) in [7, 11) is 0. The topological polar surface area (TPSA) is 84.9 Å². The summed E-state index contributed by atoms with van der Waals surface area (Å²) in [6.07, 6.45) is 0. The smallest absolute Gasteiger partial charge is 0.265 e. The fraction of sp³-hybridized carbons (Fsp3) is 0.182. The second-order valence-electron chi connectivity index (χ2n) is 3.71. The number of primary amides is 1. The molecule has 0 atom stereocenters. The van der Waals surface area contributed by atoms with E-state index in [0.717, 1.165) is 22.0 Å². The van der Waals surface area contributed by atoms with E-state index in [1.54, 1.807) is 0 Å². The Hall–Kier alpha value is -1.97. The molecular formula is C11H13N3O. The second kappa shape index (κ2) is 3.02. The lowest BCUT2D eigenvalue weighted by Crippen LogP contribution is -2.12. The average molecular weight is 203 g/mol. The summed E-state index contributed by atoms with van der Waals surface area (Å²) in [6.45, 7) is 3.80. The maximum Gasteiger partial charge on any atom is 0.265 e. The molecule has 0 radical (unpaired) electrons. The Bertz CT molecular complexity index is 554. The first-order valence-electron chi connectivity index (χ1n) is 4.69. The van der Waals surface area contributed by atoms with Crippen LogP contribution in [-0.2, 0) is 0 Å². The van der Waals surface area contributed by atoms with Gasteiger partial charge in [0.2, 0.25) is 0 Å². The van der Waals surface area contributed by atoms with Gasteiger partial charge in [-0.15, -0.1) is 0 Å². The van der Waals surface area contributed by atoms with E-state index in [4.69, 9.17) is 11.5 Å². The molecule has 0 saturated heterocycles. The highest BCUT2D eigenvalue weighted by Crippen LogP contribution is 2.29. The summed E-state index contributed by atoms with van der Waals surface area (Å²) < 4.78 is 0. The number of aromatic nitrogens is 1. The molecule has 15 heavy (non-hydrogen) atoms. The van der Waals surface area contributed by atoms with Gasteiger partial charge in [-0.25, -0.2) is 0 Å². The SMILES string of the molecule is Cc1ccc(N)c2c(C)c(C(N)=O)[nH]c12. The van der Waals surface area contributed by atoms with Gasteiger partial charge in [-0.1, -0.05) is 6.07 Å². The number of H-pyrrole nitrogens is 1. The highest BCUT2D eigenvalue weighted by atomic mass is 16.1. The Labute approximate surface area is 87.3 Å². The number of aromatic amines is 1. The third-order valence-corrected chi connectivity index (χ3v) is 2.69. The number of aryl methyl sites for hydroxylation is 2. The Kier molecular flexibility index (Phi) is 1.93. The molecule has 1 aromatic carbocycles. The first-order chi connectivity index (χ1) is 7.02. The van der Waals surface area contributed by atoms with Crippen molar-refractivity contribution in [1.29, 1.82) is 0 Å². The van der Waals surface area contributed by atoms with Crippen LogP contribution in [0.5, 0.6) is 0 Å². The number of rotatable bonds is 1. The molecule has 0 spiro atoms. The molecule has 4 heteroatoms. The highest BCUT2D eigenvalue weighted by Gasteiger charge is 2.14. The van der Waals surface area contributed by atoms with Crippen LogP contribution < -0.4 is 11.5 Å². The van der Waals surface area contributed by atoms with Gasteiger partial charge in [0.05, 0.1) is 5.52 Å². The molecule has 1 amide bonds. The van der Waals surface area contributed by atoms with Crippen molar-refractivity contribution in [3.8, 4) is 0 Å². The van der Waals surface area contributed by atoms with Crippen molar-refractivity contribution in [2.45, 2.75) is 13.8 Å². The van der Waals surface area contributed by atoms with Gasteiger partial charge in [0, 0.05) is 11.1 Å². The number of nitrogen functional groups attached to an aromatic ring is 1. The number of nitrogens with two attached hydrogens (primary N) is 2. The van der Waals surface area contributed by atoms with E-state index >= 15 is 0 Å². The molecule has 2 aromatic rings. The fourth-order valence-electron chi connectivity index (χ4n) is 1.88. The van der Waals surface area contributed by atoms with Gasteiger partial charge in [0.1, 0.15) is 5.69 Å². The van der Waals surface area contributed by atoms with Crippen molar-refractivity contribution in [2.75, 3.05) is 5.73 Å². The van der Waals surface area contributed by atoms with Gasteiger partial charge < -0.3 is 16.5 Å². The van der Waals surface area contributed by atoms with Gasteiger partial charge in [0.25, 0.3) is 5.91 Å². The summed E-state index contributed by atoms with van der Waals surface area (Å²) in [5.74, 6) is -0.456. The van der Waals surface area contributed by atoms with Gasteiger partial charge in [-0.05, 0) is 31.0 Å². The molecule has 0 saturated carbocycles. The van der Waals surface area contributed by atoms with Crippen molar-refractivity contribution >= 4 is 22.5 Å². The number of hydrogen-bond acceptors (Lipinski definition) is 2. The first kappa shape index (κ1) is 9.58. The normalized spacial score (nSPS) is 10.8. The van der Waals surface area contributed by atoms with E-state index in [2.05, 4.69) is 4.98 Å². The molecule has 78 valence electrons. The van der Waals surface area contributed by atoms with Gasteiger partial charge in [0.15, 0.2) is 0 Å². The van der Waals surface area contributed by atoms with Crippen LogP contribution in [0.1, 0.15) is 21.6 Å². The lowest BCUT2D eigenvalue weighted by Gasteiger charge is -2.00. The number of hydrogen-bond donors (Lipinski definition) is 3. The molecule has 0 fully saturated rings. The molecular weight excluding hydrogens is 190 g/mol. The summed E-state index contributed by atoms with van der Waals surface area (Å²) in [5, 5.41) is 0.892. The van der Waals surface area contributed by atoms with Gasteiger partial charge in [-0.3, -0.25) is 4.79 Å². The molecule has 1 heterocycles. The lowest BCUT2D eigenvalue weighted by molar-refractivity contribution is 0.0996. The molecule has 2 rings (SSSR count). The van der Waals surface area contributed by atoms with Crippen LogP contribution in [0.2, 0.25) is 0 Å². The van der Waals surface area contributed by atoms with Crippen molar-refractivity contribution in [3.05, 3.63) is 29.0 Å². The van der Waals surface area contributed by atoms with Crippen molar-refractivity contribution in [3.63, 3.8) is 0 Å². The van der Waals surface area contributed by atoms with Crippen LogP contribution in [0.4, 0.5) is 5.69 Å². The zero-order chi connectivity index (χ0) is 11.2. The molecule has 0 aliphatic heterocycles. The first-order valence-corrected chi connectivity index (χ1v) is 4.69. The Morgan fingerprint density at radius 3 is 2.53 bits per heavy atom. The number of carbonyl (C=O) groups excluding carboxylic acids is 1. The number of amides is 1. The summed E-state index contributed by atoms with van der Waals surface area (Å²) in [4.78, 5) is 14.2. The minimum atomic E-state index is -0.456. The number of anilines is 1. The van der Waals surface area contributed by atoms with Crippen LogP contribution in [0.3, 0.4) is 0 Å². The molecule has 0 aliphatic rings. The molecule has 1 aromatic heterocycles. The molecule has 5 N–H and O–H groups in total. The van der Waals surface area contributed by atoms with Gasteiger partial charge >= 0.3 is 0 Å². The van der Waals surface area contributed by atoms with E-state index in [0.29, 0.717) is 11.4 Å². The zero-order valence-electron chi connectivity index (χ0n) is 8.72. The standard InChI is InChI=1S/C11H13N3O/c1-5-3-4-7(12)8-6(2)10(11(13)15)14-9(5)8/h3-4,14H,12H2,1-2H3,(H2,13,15). The lowest BCUT2D eigenvalue weighted by atomic mass is 10.1. The van der Waals surface area contributed by atoms with Crippen LogP contribution in [-0.4, -0.2) is 10.9 Å².